The lowest BCUT2D eigenvalue weighted by molar-refractivity contribution is -0.689. The molecule has 2 rings (SSSR count). The standard InChI is InChI=1S/C16H26N2O.C2H6/c1-4-5-6-7-8-13-9-10-15-14(11-13)16(19)17-12(2)18(15)3;1-2/h13H,4-11H2,1-3H3;1-2H3/p+1. The van der Waals surface area contributed by atoms with Gasteiger partial charge in [0, 0.05) is 13.3 Å². The SMILES string of the molecule is CC.CCCCCCC1CCc2c(c(=O)[nH]c(C)[n+]2C)C1. The van der Waals surface area contributed by atoms with E-state index in [1.165, 1.54) is 44.2 Å². The molecule has 1 aliphatic rings. The van der Waals surface area contributed by atoms with Gasteiger partial charge in [-0.15, -0.1) is 0 Å². The van der Waals surface area contributed by atoms with E-state index in [2.05, 4.69) is 23.5 Å². The quantitative estimate of drug-likeness (QED) is 0.653. The lowest BCUT2D eigenvalue weighted by atomic mass is 9.83. The van der Waals surface area contributed by atoms with Crippen LogP contribution < -0.4 is 10.1 Å². The number of aryl methyl sites for hydroxylation is 1. The van der Waals surface area contributed by atoms with E-state index in [4.69, 9.17) is 0 Å². The molecule has 1 aliphatic carbocycles. The van der Waals surface area contributed by atoms with Gasteiger partial charge in [0.15, 0.2) is 0 Å². The van der Waals surface area contributed by atoms with Gasteiger partial charge < -0.3 is 0 Å². The molecular formula is C18H33N2O+. The summed E-state index contributed by atoms with van der Waals surface area (Å²) in [7, 11) is 2.06. The highest BCUT2D eigenvalue weighted by atomic mass is 16.1. The zero-order valence-corrected chi connectivity index (χ0v) is 14.6. The fourth-order valence-electron chi connectivity index (χ4n) is 3.23. The number of hydrogen-bond donors (Lipinski definition) is 1. The molecule has 0 saturated carbocycles. The van der Waals surface area contributed by atoms with Crippen molar-refractivity contribution in [2.75, 3.05) is 0 Å². The Labute approximate surface area is 129 Å². The molecule has 1 N–H and O–H groups in total. The van der Waals surface area contributed by atoms with Crippen LogP contribution in [0.4, 0.5) is 0 Å². The van der Waals surface area contributed by atoms with E-state index in [0.717, 1.165) is 24.2 Å². The first-order valence-electron chi connectivity index (χ1n) is 8.74. The molecule has 1 atom stereocenters. The molecule has 0 aromatic carbocycles. The fourth-order valence-corrected chi connectivity index (χ4v) is 3.23. The third-order valence-corrected chi connectivity index (χ3v) is 4.57. The molecule has 3 nitrogen and oxygen atoms in total. The number of rotatable bonds is 5. The smallest absolute Gasteiger partial charge is 0.241 e. The van der Waals surface area contributed by atoms with E-state index in [-0.39, 0.29) is 5.56 Å². The number of aromatic nitrogens is 2. The highest BCUT2D eigenvalue weighted by molar-refractivity contribution is 5.17. The Hall–Kier alpha value is -1.12. The summed E-state index contributed by atoms with van der Waals surface area (Å²) in [4.78, 5) is 15.1. The van der Waals surface area contributed by atoms with Gasteiger partial charge in [0.25, 0.3) is 5.82 Å². The van der Waals surface area contributed by atoms with E-state index in [1.807, 2.05) is 20.8 Å². The minimum Gasteiger partial charge on any atom is -0.241 e. The van der Waals surface area contributed by atoms with Crippen LogP contribution in [0.5, 0.6) is 0 Å². The van der Waals surface area contributed by atoms with Crippen LogP contribution in [-0.4, -0.2) is 4.98 Å². The Morgan fingerprint density at radius 3 is 2.62 bits per heavy atom. The molecule has 0 bridgehead atoms. The van der Waals surface area contributed by atoms with Gasteiger partial charge in [0.05, 0.1) is 12.6 Å². The number of hydrogen-bond acceptors (Lipinski definition) is 1. The average molecular weight is 293 g/mol. The van der Waals surface area contributed by atoms with Crippen molar-refractivity contribution >= 4 is 0 Å². The molecule has 3 heteroatoms. The highest BCUT2D eigenvalue weighted by Gasteiger charge is 2.26. The third kappa shape index (κ3) is 4.69. The maximum atomic E-state index is 12.1. The van der Waals surface area contributed by atoms with Crippen LogP contribution in [0.2, 0.25) is 0 Å². The zero-order chi connectivity index (χ0) is 15.8. The number of fused-ring (bicyclic) bond motifs is 1. The van der Waals surface area contributed by atoms with Crippen molar-refractivity contribution in [1.29, 1.82) is 0 Å². The number of unbranched alkanes of at least 4 members (excludes halogenated alkanes) is 3. The van der Waals surface area contributed by atoms with Crippen LogP contribution in [0.1, 0.15) is 76.4 Å². The summed E-state index contributed by atoms with van der Waals surface area (Å²) in [5.74, 6) is 1.68. The van der Waals surface area contributed by atoms with Crippen LogP contribution in [0.25, 0.3) is 0 Å². The molecule has 0 radical (unpaired) electrons. The predicted molar refractivity (Wildman–Crippen MR) is 88.6 cm³/mol. The Kier molecular flexibility index (Phi) is 7.69. The van der Waals surface area contributed by atoms with Gasteiger partial charge in [0.1, 0.15) is 5.69 Å². The minimum absolute atomic E-state index is 0.142. The monoisotopic (exact) mass is 293 g/mol. The van der Waals surface area contributed by atoms with Crippen molar-refractivity contribution < 1.29 is 4.57 Å². The first kappa shape index (κ1) is 17.9. The average Bonchev–Trinajstić information content (AvgIpc) is 2.51. The van der Waals surface area contributed by atoms with Gasteiger partial charge in [-0.25, -0.2) is 14.3 Å². The van der Waals surface area contributed by atoms with Crippen molar-refractivity contribution in [2.24, 2.45) is 13.0 Å². The van der Waals surface area contributed by atoms with Crippen LogP contribution in [0, 0.1) is 12.8 Å². The van der Waals surface area contributed by atoms with Gasteiger partial charge in [-0.3, -0.25) is 0 Å². The molecule has 1 unspecified atom stereocenters. The van der Waals surface area contributed by atoms with Gasteiger partial charge >= 0.3 is 5.56 Å². The normalized spacial score (nSPS) is 16.9. The van der Waals surface area contributed by atoms with Crippen LogP contribution in [-0.2, 0) is 19.9 Å². The van der Waals surface area contributed by atoms with E-state index < -0.39 is 0 Å². The zero-order valence-electron chi connectivity index (χ0n) is 14.6. The Morgan fingerprint density at radius 2 is 1.95 bits per heavy atom. The summed E-state index contributed by atoms with van der Waals surface area (Å²) in [5, 5.41) is 0. The number of nitrogens with one attached hydrogen (secondary N) is 1. The van der Waals surface area contributed by atoms with Gasteiger partial charge in [0.2, 0.25) is 0 Å². The van der Waals surface area contributed by atoms with Crippen LogP contribution in [0.3, 0.4) is 0 Å². The highest BCUT2D eigenvalue weighted by Crippen LogP contribution is 2.25. The number of H-pyrrole nitrogens is 1. The predicted octanol–water partition coefficient (Wildman–Crippen LogP) is 3.61. The molecule has 1 aromatic heterocycles. The van der Waals surface area contributed by atoms with Crippen molar-refractivity contribution in [3.8, 4) is 0 Å². The molecule has 0 spiro atoms. The second-order valence-electron chi connectivity index (χ2n) is 5.98. The second kappa shape index (κ2) is 9.01. The fraction of sp³-hybridized carbons (Fsp3) is 0.778. The molecule has 0 aliphatic heterocycles. The van der Waals surface area contributed by atoms with E-state index >= 15 is 0 Å². The number of aromatic amines is 1. The summed E-state index contributed by atoms with van der Waals surface area (Å²) in [6.07, 6.45) is 9.88. The second-order valence-corrected chi connectivity index (χ2v) is 5.98. The summed E-state index contributed by atoms with van der Waals surface area (Å²) in [6, 6.07) is 0. The van der Waals surface area contributed by atoms with E-state index in [9.17, 15) is 4.79 Å². The molecule has 1 aromatic rings. The summed E-state index contributed by atoms with van der Waals surface area (Å²) in [5.41, 5.74) is 2.44. The molecule has 120 valence electrons. The van der Waals surface area contributed by atoms with E-state index in [0.29, 0.717) is 5.92 Å². The number of nitrogens with zero attached hydrogens (tertiary/aromatic N) is 1. The Balaban J connectivity index is 0.00000106. The Bertz CT molecular complexity index is 491. The maximum absolute atomic E-state index is 12.1. The Morgan fingerprint density at radius 1 is 1.24 bits per heavy atom. The first-order chi connectivity index (χ1) is 10.1. The molecule has 0 fully saturated rings. The van der Waals surface area contributed by atoms with Crippen LogP contribution >= 0.6 is 0 Å². The van der Waals surface area contributed by atoms with Crippen molar-refractivity contribution in [3.63, 3.8) is 0 Å². The third-order valence-electron chi connectivity index (χ3n) is 4.57. The maximum Gasteiger partial charge on any atom is 0.338 e. The molecule has 0 saturated heterocycles. The van der Waals surface area contributed by atoms with Crippen molar-refractivity contribution in [3.05, 3.63) is 27.4 Å². The molecule has 1 heterocycles. The molecular weight excluding hydrogens is 260 g/mol. The molecule has 21 heavy (non-hydrogen) atoms. The first-order valence-corrected chi connectivity index (χ1v) is 8.74. The van der Waals surface area contributed by atoms with Crippen molar-refractivity contribution in [1.82, 2.24) is 4.98 Å². The largest absolute Gasteiger partial charge is 0.338 e. The van der Waals surface area contributed by atoms with Crippen molar-refractivity contribution in [2.45, 2.75) is 79.1 Å². The summed E-state index contributed by atoms with van der Waals surface area (Å²) in [6.45, 7) is 8.22. The van der Waals surface area contributed by atoms with Gasteiger partial charge in [-0.2, -0.15) is 0 Å². The minimum atomic E-state index is 0.142. The van der Waals surface area contributed by atoms with E-state index in [1.54, 1.807) is 0 Å². The van der Waals surface area contributed by atoms with Gasteiger partial charge in [-0.1, -0.05) is 52.9 Å². The topological polar surface area (TPSA) is 36.7 Å². The lowest BCUT2D eigenvalue weighted by Crippen LogP contribution is -2.45. The summed E-state index contributed by atoms with van der Waals surface area (Å²) < 4.78 is 2.16. The summed E-state index contributed by atoms with van der Waals surface area (Å²) >= 11 is 0. The lowest BCUT2D eigenvalue weighted by Gasteiger charge is -2.23. The van der Waals surface area contributed by atoms with Crippen LogP contribution in [0.15, 0.2) is 4.79 Å². The van der Waals surface area contributed by atoms with Gasteiger partial charge in [-0.05, 0) is 18.8 Å². The molecule has 0 amide bonds.